The molecule has 5 N–H and O–H groups in total. The quantitative estimate of drug-likeness (QED) is 0.543. The minimum Gasteiger partial charge on any atom is -0.369 e. The lowest BCUT2D eigenvalue weighted by atomic mass is 9.92. The molecule has 0 saturated carbocycles. The molecule has 14 heavy (non-hydrogen) atoms. The summed E-state index contributed by atoms with van der Waals surface area (Å²) in [7, 11) is 0. The van der Waals surface area contributed by atoms with Gasteiger partial charge in [-0.1, -0.05) is 6.92 Å². The van der Waals surface area contributed by atoms with Crippen molar-refractivity contribution in [3.8, 4) is 0 Å². The van der Waals surface area contributed by atoms with Crippen LogP contribution in [0.5, 0.6) is 0 Å². The molecule has 0 heterocycles. The van der Waals surface area contributed by atoms with Crippen molar-refractivity contribution in [1.82, 2.24) is 5.32 Å². The van der Waals surface area contributed by atoms with Crippen LogP contribution in [0.3, 0.4) is 0 Å². The number of nitrogens with one attached hydrogen (secondary N) is 1. The van der Waals surface area contributed by atoms with Gasteiger partial charge in [0.15, 0.2) is 0 Å². The topological polar surface area (TPSA) is 98.2 Å². The van der Waals surface area contributed by atoms with E-state index < -0.39 is 11.3 Å². The van der Waals surface area contributed by atoms with Gasteiger partial charge in [0, 0.05) is 19.0 Å². The van der Waals surface area contributed by atoms with E-state index in [0.717, 1.165) is 0 Å². The molecular weight excluding hydrogens is 182 g/mol. The van der Waals surface area contributed by atoms with Crippen molar-refractivity contribution >= 4 is 11.8 Å². The summed E-state index contributed by atoms with van der Waals surface area (Å²) >= 11 is 0. The normalized spacial score (nSPS) is 13.4. The van der Waals surface area contributed by atoms with Crippen LogP contribution in [0, 0.1) is 11.3 Å². The second kappa shape index (κ2) is 4.95. The molecule has 82 valence electrons. The first kappa shape index (κ1) is 12.9. The standard InChI is InChI=1S/C9H19N3O2/c1-6(4-10)7(13)12-5-9(2,3)8(11)14/h6H,4-5,10H2,1-3H3,(H2,11,14)(H,12,13). The molecule has 5 heteroatoms. The van der Waals surface area contributed by atoms with Crippen LogP contribution in [0.1, 0.15) is 20.8 Å². The Hall–Kier alpha value is -1.10. The van der Waals surface area contributed by atoms with Gasteiger partial charge in [0.05, 0.1) is 5.41 Å². The minimum atomic E-state index is -0.718. The lowest BCUT2D eigenvalue weighted by molar-refractivity contribution is -0.128. The highest BCUT2D eigenvalue weighted by atomic mass is 16.2. The zero-order valence-electron chi connectivity index (χ0n) is 8.96. The molecule has 0 aromatic carbocycles. The van der Waals surface area contributed by atoms with E-state index in [4.69, 9.17) is 11.5 Å². The molecule has 1 atom stereocenters. The SMILES string of the molecule is CC(CN)C(=O)NCC(C)(C)C(N)=O. The van der Waals surface area contributed by atoms with Crippen LogP contribution in [0.2, 0.25) is 0 Å². The van der Waals surface area contributed by atoms with E-state index in [9.17, 15) is 9.59 Å². The van der Waals surface area contributed by atoms with Crippen LogP contribution in [0.15, 0.2) is 0 Å². The van der Waals surface area contributed by atoms with Crippen LogP contribution in [0.25, 0.3) is 0 Å². The summed E-state index contributed by atoms with van der Waals surface area (Å²) in [5, 5.41) is 2.64. The van der Waals surface area contributed by atoms with Crippen molar-refractivity contribution in [2.45, 2.75) is 20.8 Å². The Morgan fingerprint density at radius 2 is 1.93 bits per heavy atom. The largest absolute Gasteiger partial charge is 0.369 e. The van der Waals surface area contributed by atoms with Gasteiger partial charge in [-0.3, -0.25) is 9.59 Å². The van der Waals surface area contributed by atoms with E-state index >= 15 is 0 Å². The summed E-state index contributed by atoms with van der Waals surface area (Å²) < 4.78 is 0. The molecule has 0 radical (unpaired) electrons. The third-order valence-electron chi connectivity index (χ3n) is 2.17. The molecule has 0 fully saturated rings. The Labute approximate surface area is 84.2 Å². The average molecular weight is 201 g/mol. The fraction of sp³-hybridized carbons (Fsp3) is 0.778. The summed E-state index contributed by atoms with van der Waals surface area (Å²) in [5.41, 5.74) is 9.75. The Morgan fingerprint density at radius 3 is 2.29 bits per heavy atom. The van der Waals surface area contributed by atoms with E-state index in [1.54, 1.807) is 20.8 Å². The zero-order chi connectivity index (χ0) is 11.4. The number of amides is 2. The lowest BCUT2D eigenvalue weighted by Crippen LogP contribution is -2.44. The summed E-state index contributed by atoms with van der Waals surface area (Å²) in [4.78, 5) is 22.2. The second-order valence-electron chi connectivity index (χ2n) is 4.10. The highest BCUT2D eigenvalue weighted by Crippen LogP contribution is 2.11. The van der Waals surface area contributed by atoms with Gasteiger partial charge in [-0.15, -0.1) is 0 Å². The maximum absolute atomic E-state index is 11.3. The molecule has 1 unspecified atom stereocenters. The highest BCUT2D eigenvalue weighted by Gasteiger charge is 2.26. The van der Waals surface area contributed by atoms with Gasteiger partial charge in [0.2, 0.25) is 11.8 Å². The first-order valence-corrected chi connectivity index (χ1v) is 4.59. The average Bonchev–Trinajstić information content (AvgIpc) is 2.12. The first-order chi connectivity index (χ1) is 6.31. The Morgan fingerprint density at radius 1 is 1.43 bits per heavy atom. The fourth-order valence-corrected chi connectivity index (χ4v) is 0.676. The van der Waals surface area contributed by atoms with Gasteiger partial charge in [0.25, 0.3) is 0 Å². The van der Waals surface area contributed by atoms with E-state index in [0.29, 0.717) is 6.54 Å². The molecule has 0 bridgehead atoms. The summed E-state index contributed by atoms with van der Waals surface area (Å²) in [6, 6.07) is 0. The number of hydrogen-bond donors (Lipinski definition) is 3. The van der Waals surface area contributed by atoms with Gasteiger partial charge in [-0.25, -0.2) is 0 Å². The van der Waals surface area contributed by atoms with Gasteiger partial charge < -0.3 is 16.8 Å². The number of carbonyl (C=O) groups excluding carboxylic acids is 2. The van der Waals surface area contributed by atoms with E-state index in [2.05, 4.69) is 5.32 Å². The van der Waals surface area contributed by atoms with Crippen molar-refractivity contribution in [2.24, 2.45) is 22.8 Å². The maximum atomic E-state index is 11.3. The highest BCUT2D eigenvalue weighted by molar-refractivity contribution is 5.82. The molecule has 0 aromatic rings. The third-order valence-corrected chi connectivity index (χ3v) is 2.17. The van der Waals surface area contributed by atoms with Crippen molar-refractivity contribution < 1.29 is 9.59 Å². The number of nitrogens with two attached hydrogens (primary N) is 2. The Balaban J connectivity index is 4.06. The number of hydrogen-bond acceptors (Lipinski definition) is 3. The molecule has 0 spiro atoms. The molecule has 0 saturated heterocycles. The summed E-state index contributed by atoms with van der Waals surface area (Å²) in [6.45, 7) is 5.63. The van der Waals surface area contributed by atoms with Crippen molar-refractivity contribution in [2.75, 3.05) is 13.1 Å². The van der Waals surface area contributed by atoms with Gasteiger partial charge in [-0.2, -0.15) is 0 Å². The van der Waals surface area contributed by atoms with Crippen LogP contribution >= 0.6 is 0 Å². The molecule has 5 nitrogen and oxygen atoms in total. The van der Waals surface area contributed by atoms with Gasteiger partial charge in [-0.05, 0) is 13.8 Å². The van der Waals surface area contributed by atoms with E-state index in [1.165, 1.54) is 0 Å². The molecule has 0 rings (SSSR count). The minimum absolute atomic E-state index is 0.151. The van der Waals surface area contributed by atoms with Crippen molar-refractivity contribution in [3.63, 3.8) is 0 Å². The Kier molecular flexibility index (Phi) is 4.56. The van der Waals surface area contributed by atoms with Gasteiger partial charge in [0.1, 0.15) is 0 Å². The number of rotatable bonds is 5. The monoisotopic (exact) mass is 201 g/mol. The molecule has 0 aliphatic carbocycles. The van der Waals surface area contributed by atoms with Gasteiger partial charge >= 0.3 is 0 Å². The molecule has 0 aliphatic heterocycles. The predicted octanol–water partition coefficient (Wildman–Crippen LogP) is -0.791. The smallest absolute Gasteiger partial charge is 0.224 e. The third kappa shape index (κ3) is 3.74. The number of carbonyl (C=O) groups is 2. The summed E-state index contributed by atoms with van der Waals surface area (Å²) in [5.74, 6) is -0.821. The van der Waals surface area contributed by atoms with E-state index in [1.807, 2.05) is 0 Å². The Bertz CT molecular complexity index is 226. The lowest BCUT2D eigenvalue weighted by Gasteiger charge is -2.21. The number of primary amides is 1. The van der Waals surface area contributed by atoms with E-state index in [-0.39, 0.29) is 18.4 Å². The van der Waals surface area contributed by atoms with Crippen LogP contribution < -0.4 is 16.8 Å². The molecule has 0 aromatic heterocycles. The predicted molar refractivity (Wildman–Crippen MR) is 54.2 cm³/mol. The molecular formula is C9H19N3O2. The maximum Gasteiger partial charge on any atom is 0.224 e. The van der Waals surface area contributed by atoms with Crippen LogP contribution in [-0.2, 0) is 9.59 Å². The van der Waals surface area contributed by atoms with Crippen molar-refractivity contribution in [3.05, 3.63) is 0 Å². The second-order valence-corrected chi connectivity index (χ2v) is 4.10. The van der Waals surface area contributed by atoms with Crippen LogP contribution in [0.4, 0.5) is 0 Å². The fourth-order valence-electron chi connectivity index (χ4n) is 0.676. The molecule has 0 aliphatic rings. The zero-order valence-corrected chi connectivity index (χ0v) is 8.96. The van der Waals surface area contributed by atoms with Crippen molar-refractivity contribution in [1.29, 1.82) is 0 Å². The summed E-state index contributed by atoms with van der Waals surface area (Å²) in [6.07, 6.45) is 0. The molecule has 2 amide bonds. The first-order valence-electron chi connectivity index (χ1n) is 4.59. The van der Waals surface area contributed by atoms with Crippen LogP contribution in [-0.4, -0.2) is 24.9 Å².